The molecule has 39 heavy (non-hydrogen) atoms. The van der Waals surface area contributed by atoms with E-state index in [2.05, 4.69) is 56.0 Å². The maximum atomic E-state index is 12.6. The molecule has 0 radical (unpaired) electrons. The Balaban J connectivity index is 1.20. The summed E-state index contributed by atoms with van der Waals surface area (Å²) < 4.78 is 13.0. The van der Waals surface area contributed by atoms with E-state index in [4.69, 9.17) is 20.2 Å². The first-order chi connectivity index (χ1) is 19.1. The van der Waals surface area contributed by atoms with Gasteiger partial charge in [0.25, 0.3) is 0 Å². The Morgan fingerprint density at radius 3 is 2.51 bits per heavy atom. The lowest BCUT2D eigenvalue weighted by Crippen LogP contribution is -2.38. The number of rotatable bonds is 6. The first-order valence-corrected chi connectivity index (χ1v) is 13.7. The molecule has 9 heteroatoms. The molecule has 200 valence electrons. The normalized spacial score (nSPS) is 17.4. The Morgan fingerprint density at radius 2 is 1.72 bits per heavy atom. The number of anilines is 1. The summed E-state index contributed by atoms with van der Waals surface area (Å²) in [5, 5.41) is 5.70. The Morgan fingerprint density at radius 1 is 0.923 bits per heavy atom. The molecule has 2 aromatic heterocycles. The number of carbonyl (C=O) groups is 1. The zero-order valence-electron chi connectivity index (χ0n) is 21.9. The van der Waals surface area contributed by atoms with Crippen LogP contribution in [0.15, 0.2) is 48.7 Å². The number of nitrogens with zero attached hydrogens (tertiary/aromatic N) is 5. The molecule has 0 saturated carbocycles. The van der Waals surface area contributed by atoms with Gasteiger partial charge in [0.1, 0.15) is 0 Å². The fraction of sp³-hybridized carbons (Fsp3) is 0.367. The second-order valence-electron chi connectivity index (χ2n) is 10.5. The molecule has 7 rings (SSSR count). The fourth-order valence-corrected chi connectivity index (χ4v) is 5.99. The van der Waals surface area contributed by atoms with Gasteiger partial charge in [-0.1, -0.05) is 12.1 Å². The second kappa shape index (κ2) is 10.1. The minimum atomic E-state index is -0.423. The third kappa shape index (κ3) is 4.56. The summed E-state index contributed by atoms with van der Waals surface area (Å²) in [6.07, 6.45) is 2.56. The summed E-state index contributed by atoms with van der Waals surface area (Å²) >= 11 is 0. The monoisotopic (exact) mass is 524 g/mol. The lowest BCUT2D eigenvalue weighted by molar-refractivity contribution is 0.0361. The van der Waals surface area contributed by atoms with Gasteiger partial charge in [0.2, 0.25) is 5.91 Å². The largest absolute Gasteiger partial charge is 0.379 e. The van der Waals surface area contributed by atoms with E-state index in [9.17, 15) is 4.79 Å². The number of carbonyl (C=O) groups excluding carboxylic acids is 1. The smallest absolute Gasteiger partial charge is 0.249 e. The van der Waals surface area contributed by atoms with E-state index >= 15 is 0 Å². The quantitative estimate of drug-likeness (QED) is 0.365. The molecule has 4 aromatic rings. The van der Waals surface area contributed by atoms with Crippen molar-refractivity contribution in [2.75, 3.05) is 64.1 Å². The first kappa shape index (κ1) is 24.3. The van der Waals surface area contributed by atoms with Crippen LogP contribution in [0.5, 0.6) is 0 Å². The van der Waals surface area contributed by atoms with Crippen molar-refractivity contribution >= 4 is 22.5 Å². The van der Waals surface area contributed by atoms with E-state index in [1.54, 1.807) is 0 Å². The van der Waals surface area contributed by atoms with Gasteiger partial charge in [-0.05, 0) is 41.5 Å². The first-order valence-electron chi connectivity index (χ1n) is 13.7. The molecule has 9 nitrogen and oxygen atoms in total. The van der Waals surface area contributed by atoms with Crippen molar-refractivity contribution in [1.29, 1.82) is 0 Å². The van der Waals surface area contributed by atoms with Crippen LogP contribution >= 0.6 is 0 Å². The molecule has 2 N–H and O–H groups in total. The average molecular weight is 525 g/mol. The molecule has 3 aliphatic rings. The molecule has 1 amide bonds. The van der Waals surface area contributed by atoms with E-state index in [0.29, 0.717) is 12.0 Å². The Bertz CT molecular complexity index is 1550. The molecule has 2 fully saturated rings. The SMILES string of the molecule is NC(=O)c1cc(-c2ccc3c(cnn3CCN3CCOCC3)c2)nc2c1Cc1cc(N3CCOCC3)ccc1-2. The number of hydrogen-bond acceptors (Lipinski definition) is 7. The van der Waals surface area contributed by atoms with Gasteiger partial charge in [-0.3, -0.25) is 14.4 Å². The number of aromatic nitrogens is 3. The Kier molecular flexibility index (Phi) is 6.27. The molecule has 4 heterocycles. The number of benzene rings is 2. The van der Waals surface area contributed by atoms with Crippen LogP contribution in [0.3, 0.4) is 0 Å². The molecule has 2 aromatic carbocycles. The zero-order valence-corrected chi connectivity index (χ0v) is 21.9. The number of hydrogen-bond donors (Lipinski definition) is 1. The van der Waals surface area contributed by atoms with Crippen LogP contribution in [0, 0.1) is 0 Å². The van der Waals surface area contributed by atoms with E-state index in [-0.39, 0.29) is 0 Å². The standard InChI is InChI=1S/C30H32N6O3/c31-30(37)26-18-27(20-1-4-28-22(15-20)19-32-36(28)6-5-34-7-11-38-12-8-34)33-29-24-3-2-23(16-21(24)17-25(26)29)35-9-13-39-14-10-35/h1-4,15-16,18-19H,5-14,17H2,(H2,31,37). The summed E-state index contributed by atoms with van der Waals surface area (Å²) in [4.78, 5) is 22.4. The van der Waals surface area contributed by atoms with Crippen molar-refractivity contribution in [2.45, 2.75) is 13.0 Å². The highest BCUT2D eigenvalue weighted by Crippen LogP contribution is 2.40. The number of primary amides is 1. The van der Waals surface area contributed by atoms with Crippen molar-refractivity contribution < 1.29 is 14.3 Å². The van der Waals surface area contributed by atoms with E-state index in [1.807, 2.05) is 12.3 Å². The highest BCUT2D eigenvalue weighted by Gasteiger charge is 2.27. The van der Waals surface area contributed by atoms with Gasteiger partial charge in [-0.2, -0.15) is 5.10 Å². The Labute approximate surface area is 227 Å². The molecule has 0 atom stereocenters. The highest BCUT2D eigenvalue weighted by atomic mass is 16.5. The van der Waals surface area contributed by atoms with Crippen molar-refractivity contribution in [3.63, 3.8) is 0 Å². The molecule has 2 saturated heterocycles. The third-order valence-electron chi connectivity index (χ3n) is 8.15. The zero-order chi connectivity index (χ0) is 26.3. The molecule has 2 aliphatic heterocycles. The van der Waals surface area contributed by atoms with Crippen LogP contribution in [0.2, 0.25) is 0 Å². The number of pyridine rings is 1. The fourth-order valence-electron chi connectivity index (χ4n) is 5.99. The molecule has 0 unspecified atom stereocenters. The number of morpholine rings is 2. The van der Waals surface area contributed by atoms with Crippen molar-refractivity contribution in [3.05, 3.63) is 65.4 Å². The van der Waals surface area contributed by atoms with Gasteiger partial charge < -0.3 is 20.1 Å². The maximum absolute atomic E-state index is 12.6. The summed E-state index contributed by atoms with van der Waals surface area (Å²) in [6.45, 7) is 8.54. The van der Waals surface area contributed by atoms with Gasteiger partial charge in [0, 0.05) is 66.9 Å². The number of ether oxygens (including phenoxy) is 2. The van der Waals surface area contributed by atoms with E-state index < -0.39 is 5.91 Å². The molecular weight excluding hydrogens is 492 g/mol. The van der Waals surface area contributed by atoms with E-state index in [0.717, 1.165) is 105 Å². The number of fused-ring (bicyclic) bond motifs is 4. The molecule has 1 aliphatic carbocycles. The molecule has 0 bridgehead atoms. The van der Waals surface area contributed by atoms with Crippen molar-refractivity contribution in [1.82, 2.24) is 19.7 Å². The summed E-state index contributed by atoms with van der Waals surface area (Å²) in [5.41, 5.74) is 14.4. The Hall–Kier alpha value is -3.79. The predicted octanol–water partition coefficient (Wildman–Crippen LogP) is 2.94. The van der Waals surface area contributed by atoms with Crippen molar-refractivity contribution in [2.24, 2.45) is 5.73 Å². The van der Waals surface area contributed by atoms with Gasteiger partial charge in [-0.15, -0.1) is 0 Å². The van der Waals surface area contributed by atoms with Gasteiger partial charge in [0.15, 0.2) is 0 Å². The van der Waals surface area contributed by atoms with Crippen LogP contribution in [0.1, 0.15) is 21.5 Å². The minimum Gasteiger partial charge on any atom is -0.379 e. The minimum absolute atomic E-state index is 0.423. The van der Waals surface area contributed by atoms with Crippen LogP contribution in [-0.2, 0) is 22.4 Å². The second-order valence-corrected chi connectivity index (χ2v) is 10.5. The lowest BCUT2D eigenvalue weighted by atomic mass is 10.0. The van der Waals surface area contributed by atoms with Gasteiger partial charge >= 0.3 is 0 Å². The van der Waals surface area contributed by atoms with Crippen LogP contribution < -0.4 is 10.6 Å². The van der Waals surface area contributed by atoms with E-state index in [1.165, 1.54) is 11.3 Å². The number of amides is 1. The summed E-state index contributed by atoms with van der Waals surface area (Å²) in [7, 11) is 0. The van der Waals surface area contributed by atoms with Crippen LogP contribution in [-0.4, -0.2) is 84.7 Å². The average Bonchev–Trinajstić information content (AvgIpc) is 3.56. The van der Waals surface area contributed by atoms with Gasteiger partial charge in [0.05, 0.1) is 56.1 Å². The summed E-state index contributed by atoms with van der Waals surface area (Å²) in [5.74, 6) is -0.423. The number of nitrogens with two attached hydrogens (primary N) is 1. The topological polar surface area (TPSA) is 98.7 Å². The van der Waals surface area contributed by atoms with Crippen LogP contribution in [0.25, 0.3) is 33.4 Å². The lowest BCUT2D eigenvalue weighted by Gasteiger charge is -2.29. The third-order valence-corrected chi connectivity index (χ3v) is 8.15. The molecular formula is C30H32N6O3. The summed E-state index contributed by atoms with van der Waals surface area (Å²) in [6, 6.07) is 14.6. The highest BCUT2D eigenvalue weighted by molar-refractivity contribution is 5.99. The van der Waals surface area contributed by atoms with Crippen molar-refractivity contribution in [3.8, 4) is 22.5 Å². The molecule has 0 spiro atoms. The van der Waals surface area contributed by atoms with Gasteiger partial charge in [-0.25, -0.2) is 4.98 Å². The predicted molar refractivity (Wildman–Crippen MR) is 150 cm³/mol. The van der Waals surface area contributed by atoms with Crippen LogP contribution in [0.4, 0.5) is 5.69 Å². The maximum Gasteiger partial charge on any atom is 0.249 e.